The van der Waals surface area contributed by atoms with E-state index in [9.17, 15) is 4.79 Å². The second-order valence-corrected chi connectivity index (χ2v) is 12.7. The molecule has 0 atom stereocenters. The molecule has 2 aromatic heterocycles. The third-order valence-corrected chi connectivity index (χ3v) is 9.18. The van der Waals surface area contributed by atoms with Crippen LogP contribution in [0.2, 0.25) is 0 Å². The quantitative estimate of drug-likeness (QED) is 0.204. The third kappa shape index (κ3) is 5.99. The molecule has 51 heavy (non-hydrogen) atoms. The summed E-state index contributed by atoms with van der Waals surface area (Å²) in [5.41, 5.74) is 9.39. The smallest absolute Gasteiger partial charge is 0.229 e. The van der Waals surface area contributed by atoms with E-state index in [0.29, 0.717) is 5.82 Å². The van der Waals surface area contributed by atoms with Crippen molar-refractivity contribution in [2.24, 2.45) is 9.98 Å². The van der Waals surface area contributed by atoms with Crippen molar-refractivity contribution in [2.45, 2.75) is 27.1 Å². The van der Waals surface area contributed by atoms with Crippen LogP contribution < -0.4 is 5.32 Å². The van der Waals surface area contributed by atoms with Gasteiger partial charge in [0.2, 0.25) is 12.2 Å². The van der Waals surface area contributed by atoms with Gasteiger partial charge < -0.3 is 5.32 Å². The van der Waals surface area contributed by atoms with Crippen molar-refractivity contribution in [3.63, 3.8) is 0 Å². The second kappa shape index (κ2) is 13.4. The van der Waals surface area contributed by atoms with Crippen molar-refractivity contribution in [3.05, 3.63) is 174 Å². The van der Waals surface area contributed by atoms with E-state index in [4.69, 9.17) is 9.98 Å². The number of carbonyl (C=O) groups is 1. The standard InChI is InChI=1S/C28H22N4.C16H14N2O/c1-19-16-17-25-23(18-19)22-14-8-9-15-24(22)32(25)28-30-26(20-10-4-2-5-11-20)29-27(31-28)21-12-6-3-7-13-21;1-11-7-3-4-8-13(11)16-17-14-9-5-6-10-15(14)18(16)12(2)19/h2-18,28H,1H3,(H,29,30,31);3-10H,1-2H3. The summed E-state index contributed by atoms with van der Waals surface area (Å²) in [6.07, 6.45) is -0.410. The highest BCUT2D eigenvalue weighted by atomic mass is 16.1. The summed E-state index contributed by atoms with van der Waals surface area (Å²) in [6.45, 7) is 5.72. The van der Waals surface area contributed by atoms with Crippen LogP contribution in [-0.2, 0) is 0 Å². The molecule has 0 saturated carbocycles. The average molecular weight is 665 g/mol. The number of nitrogens with zero attached hydrogens (tertiary/aromatic N) is 5. The molecule has 6 aromatic carbocycles. The van der Waals surface area contributed by atoms with Crippen LogP contribution in [0.15, 0.2) is 162 Å². The average Bonchev–Trinajstić information content (AvgIpc) is 3.72. The number of hydrogen-bond donors (Lipinski definition) is 1. The minimum absolute atomic E-state index is 0.0213. The fraction of sp³-hybridized carbons (Fsp3) is 0.0909. The maximum absolute atomic E-state index is 11.9. The van der Waals surface area contributed by atoms with Gasteiger partial charge in [-0.1, -0.05) is 127 Å². The number of amidine groups is 2. The van der Waals surface area contributed by atoms with E-state index in [1.165, 1.54) is 16.3 Å². The summed E-state index contributed by atoms with van der Waals surface area (Å²) in [5, 5.41) is 5.92. The molecular formula is C44H36N6O. The minimum Gasteiger partial charge on any atom is -0.324 e. The molecule has 1 aliphatic rings. The van der Waals surface area contributed by atoms with E-state index in [0.717, 1.165) is 56.0 Å². The molecule has 3 heterocycles. The molecule has 1 aliphatic heterocycles. The first kappa shape index (κ1) is 31.7. The van der Waals surface area contributed by atoms with Crippen molar-refractivity contribution in [2.75, 3.05) is 0 Å². The number of aromatic nitrogens is 3. The van der Waals surface area contributed by atoms with Gasteiger partial charge in [-0.25, -0.2) is 15.0 Å². The molecule has 0 aliphatic carbocycles. The van der Waals surface area contributed by atoms with Gasteiger partial charge in [0, 0.05) is 34.4 Å². The third-order valence-electron chi connectivity index (χ3n) is 9.18. The van der Waals surface area contributed by atoms with Crippen LogP contribution in [0.3, 0.4) is 0 Å². The Labute approximate surface area is 296 Å². The Morgan fingerprint density at radius 1 is 0.608 bits per heavy atom. The predicted octanol–water partition coefficient (Wildman–Crippen LogP) is 9.73. The van der Waals surface area contributed by atoms with Crippen LogP contribution in [-0.4, -0.2) is 31.7 Å². The van der Waals surface area contributed by atoms with Gasteiger partial charge in [0.25, 0.3) is 0 Å². The van der Waals surface area contributed by atoms with Gasteiger partial charge >= 0.3 is 0 Å². The van der Waals surface area contributed by atoms with Crippen LogP contribution in [0.25, 0.3) is 44.2 Å². The Bertz CT molecular complexity index is 2560. The molecule has 0 radical (unpaired) electrons. The first-order chi connectivity index (χ1) is 25.0. The van der Waals surface area contributed by atoms with Gasteiger partial charge in [-0.2, -0.15) is 0 Å². The number of imidazole rings is 1. The summed E-state index contributed by atoms with van der Waals surface area (Å²) in [4.78, 5) is 26.7. The van der Waals surface area contributed by atoms with Crippen LogP contribution in [0.5, 0.6) is 0 Å². The number of aliphatic imine (C=N–C) groups is 2. The van der Waals surface area contributed by atoms with Crippen LogP contribution in [0.4, 0.5) is 0 Å². The van der Waals surface area contributed by atoms with E-state index in [1.54, 1.807) is 11.5 Å². The lowest BCUT2D eigenvalue weighted by Crippen LogP contribution is -2.36. The SMILES string of the molecule is CC(=O)n1c(-c2ccccc2C)nc2ccccc21.Cc1ccc2c(c1)c1ccccc1n2C1N=C(c2ccccc2)NC(c2ccccc2)=N1. The topological polar surface area (TPSA) is 76.6 Å². The van der Waals surface area contributed by atoms with E-state index < -0.39 is 6.29 Å². The number of rotatable bonds is 4. The number of hydrogen-bond acceptors (Lipinski definition) is 5. The molecule has 7 nitrogen and oxygen atoms in total. The zero-order chi connectivity index (χ0) is 34.9. The number of fused-ring (bicyclic) bond motifs is 4. The van der Waals surface area contributed by atoms with Crippen molar-refractivity contribution in [1.29, 1.82) is 0 Å². The number of nitrogens with one attached hydrogen (secondary N) is 1. The molecule has 0 unspecified atom stereocenters. The van der Waals surface area contributed by atoms with Gasteiger partial charge in [0.15, 0.2) is 0 Å². The van der Waals surface area contributed by atoms with Gasteiger partial charge in [0.05, 0.1) is 22.1 Å². The summed E-state index contributed by atoms with van der Waals surface area (Å²) < 4.78 is 3.93. The Morgan fingerprint density at radius 3 is 1.84 bits per heavy atom. The van der Waals surface area contributed by atoms with Crippen molar-refractivity contribution in [3.8, 4) is 11.4 Å². The highest BCUT2D eigenvalue weighted by Crippen LogP contribution is 2.34. The van der Waals surface area contributed by atoms with Gasteiger partial charge in [-0.15, -0.1) is 0 Å². The molecule has 0 bridgehead atoms. The number of para-hydroxylation sites is 3. The van der Waals surface area contributed by atoms with Crippen molar-refractivity contribution in [1.82, 2.24) is 19.4 Å². The van der Waals surface area contributed by atoms with E-state index in [2.05, 4.69) is 88.5 Å². The Kier molecular flexibility index (Phi) is 8.30. The predicted molar refractivity (Wildman–Crippen MR) is 209 cm³/mol. The van der Waals surface area contributed by atoms with E-state index >= 15 is 0 Å². The van der Waals surface area contributed by atoms with Crippen LogP contribution >= 0.6 is 0 Å². The maximum atomic E-state index is 11.9. The molecule has 0 saturated heterocycles. The largest absolute Gasteiger partial charge is 0.324 e. The fourth-order valence-corrected chi connectivity index (χ4v) is 6.75. The highest BCUT2D eigenvalue weighted by molar-refractivity contribution is 6.16. The molecule has 8 aromatic rings. The van der Waals surface area contributed by atoms with Crippen molar-refractivity contribution < 1.29 is 4.79 Å². The zero-order valence-electron chi connectivity index (χ0n) is 28.7. The lowest BCUT2D eigenvalue weighted by molar-refractivity contribution is 0.0943. The first-order valence-electron chi connectivity index (χ1n) is 17.0. The van der Waals surface area contributed by atoms with Crippen molar-refractivity contribution >= 4 is 50.4 Å². The molecule has 0 fully saturated rings. The van der Waals surface area contributed by atoms with Gasteiger partial charge in [-0.3, -0.25) is 13.9 Å². The maximum Gasteiger partial charge on any atom is 0.229 e. The Hall–Kier alpha value is -6.60. The number of carbonyl (C=O) groups excluding carboxylic acids is 1. The molecule has 0 spiro atoms. The molecule has 7 heteroatoms. The summed E-state index contributed by atoms with van der Waals surface area (Å²) >= 11 is 0. The second-order valence-electron chi connectivity index (χ2n) is 12.7. The highest BCUT2D eigenvalue weighted by Gasteiger charge is 2.24. The minimum atomic E-state index is -0.410. The zero-order valence-corrected chi connectivity index (χ0v) is 28.7. The summed E-state index contributed by atoms with van der Waals surface area (Å²) in [6, 6.07) is 51.2. The normalized spacial score (nSPS) is 13.0. The lowest BCUT2D eigenvalue weighted by atomic mass is 10.1. The van der Waals surface area contributed by atoms with E-state index in [1.807, 2.05) is 91.9 Å². The number of benzene rings is 6. The fourth-order valence-electron chi connectivity index (χ4n) is 6.75. The number of aryl methyl sites for hydroxylation is 2. The molecule has 248 valence electrons. The lowest BCUT2D eigenvalue weighted by Gasteiger charge is -2.24. The van der Waals surface area contributed by atoms with Gasteiger partial charge in [-0.05, 0) is 49.7 Å². The monoisotopic (exact) mass is 664 g/mol. The Balaban J connectivity index is 0.000000168. The first-order valence-corrected chi connectivity index (χ1v) is 17.0. The Morgan fingerprint density at radius 2 is 1.18 bits per heavy atom. The molecule has 9 rings (SSSR count). The molecule has 1 N–H and O–H groups in total. The summed E-state index contributed by atoms with van der Waals surface area (Å²) in [7, 11) is 0. The van der Waals surface area contributed by atoms with Gasteiger partial charge in [0.1, 0.15) is 17.5 Å². The van der Waals surface area contributed by atoms with E-state index in [-0.39, 0.29) is 5.91 Å². The molecular weight excluding hydrogens is 629 g/mol. The van der Waals surface area contributed by atoms with Crippen LogP contribution in [0.1, 0.15) is 40.3 Å². The van der Waals surface area contributed by atoms with Crippen LogP contribution in [0, 0.1) is 13.8 Å². The molecule has 0 amide bonds. The summed E-state index contributed by atoms with van der Waals surface area (Å²) in [5.74, 6) is 2.34.